The predicted octanol–water partition coefficient (Wildman–Crippen LogP) is 2.94. The van der Waals surface area contributed by atoms with Gasteiger partial charge in [0.05, 0.1) is 10.8 Å². The van der Waals surface area contributed by atoms with Crippen molar-refractivity contribution in [3.63, 3.8) is 0 Å². The van der Waals surface area contributed by atoms with E-state index in [0.717, 1.165) is 37.0 Å². The maximum atomic E-state index is 12.0. The van der Waals surface area contributed by atoms with Crippen molar-refractivity contribution in [1.29, 1.82) is 0 Å². The second-order valence-electron chi connectivity index (χ2n) is 4.56. The Morgan fingerprint density at radius 3 is 2.65 bits per heavy atom. The summed E-state index contributed by atoms with van der Waals surface area (Å²) in [5, 5.41) is 0. The van der Waals surface area contributed by atoms with Crippen molar-refractivity contribution in [2.45, 2.75) is 37.0 Å². The van der Waals surface area contributed by atoms with Crippen molar-refractivity contribution in [3.05, 3.63) is 30.3 Å². The van der Waals surface area contributed by atoms with Gasteiger partial charge in [-0.1, -0.05) is 24.6 Å². The molecular weight excluding hydrogens is 232 g/mol. The van der Waals surface area contributed by atoms with Crippen LogP contribution in [0.3, 0.4) is 0 Å². The molecule has 2 rings (SSSR count). The van der Waals surface area contributed by atoms with Crippen LogP contribution in [0.15, 0.2) is 35.2 Å². The van der Waals surface area contributed by atoms with E-state index in [9.17, 15) is 9.00 Å². The summed E-state index contributed by atoms with van der Waals surface area (Å²) in [7, 11) is -0.952. The average molecular weight is 250 g/mol. The van der Waals surface area contributed by atoms with Gasteiger partial charge in [0, 0.05) is 23.0 Å². The molecule has 0 spiro atoms. The number of carbonyl (C=O) groups excluding carboxylic acids is 1. The van der Waals surface area contributed by atoms with Crippen molar-refractivity contribution in [2.75, 3.05) is 5.75 Å². The fraction of sp³-hybridized carbons (Fsp3) is 0.500. The number of benzene rings is 1. The van der Waals surface area contributed by atoms with Crippen LogP contribution in [-0.4, -0.2) is 15.7 Å². The zero-order valence-corrected chi connectivity index (χ0v) is 10.7. The molecule has 17 heavy (non-hydrogen) atoms. The van der Waals surface area contributed by atoms with E-state index in [1.165, 1.54) is 0 Å². The van der Waals surface area contributed by atoms with Gasteiger partial charge in [-0.3, -0.25) is 9.00 Å². The maximum absolute atomic E-state index is 12.0. The number of carbonyl (C=O) groups is 1. The third-order valence-corrected chi connectivity index (χ3v) is 4.74. The molecule has 0 aromatic heterocycles. The summed E-state index contributed by atoms with van der Waals surface area (Å²) in [5.41, 5.74) is 0. The van der Waals surface area contributed by atoms with E-state index in [2.05, 4.69) is 0 Å². The number of hydrogen-bond donors (Lipinski definition) is 0. The molecule has 2 nitrogen and oxygen atoms in total. The van der Waals surface area contributed by atoms with Crippen LogP contribution in [0, 0.1) is 5.92 Å². The molecule has 0 saturated heterocycles. The Morgan fingerprint density at radius 1 is 1.18 bits per heavy atom. The van der Waals surface area contributed by atoms with E-state index >= 15 is 0 Å². The van der Waals surface area contributed by atoms with Crippen LogP contribution in [0.1, 0.15) is 32.1 Å². The molecule has 1 aliphatic carbocycles. The van der Waals surface area contributed by atoms with Crippen molar-refractivity contribution in [1.82, 2.24) is 0 Å². The second-order valence-corrected chi connectivity index (χ2v) is 6.13. The van der Waals surface area contributed by atoms with Crippen LogP contribution in [0.2, 0.25) is 0 Å². The second kappa shape index (κ2) is 6.10. The molecular formula is C14H18O2S. The smallest absolute Gasteiger partial charge is 0.136 e. The molecule has 2 atom stereocenters. The van der Waals surface area contributed by atoms with Gasteiger partial charge in [0.15, 0.2) is 0 Å². The standard InChI is InChI=1S/C14H18O2S/c15-14-9-5-4-6-12(14)10-11-17(16)13-7-2-1-3-8-13/h1-3,7-8,12H,4-6,9-11H2/t12-,17-/m1/s1. The maximum Gasteiger partial charge on any atom is 0.136 e. The SMILES string of the molecule is O=C1CCCC[C@@H]1CC[S@@](=O)c1ccccc1. The van der Waals surface area contributed by atoms with Crippen LogP contribution < -0.4 is 0 Å². The van der Waals surface area contributed by atoms with E-state index in [-0.39, 0.29) is 5.92 Å². The van der Waals surface area contributed by atoms with Gasteiger partial charge in [-0.05, 0) is 31.4 Å². The lowest BCUT2D eigenvalue weighted by atomic mass is 9.86. The molecule has 0 aliphatic heterocycles. The van der Waals surface area contributed by atoms with Crippen molar-refractivity contribution in [2.24, 2.45) is 5.92 Å². The molecule has 3 heteroatoms. The van der Waals surface area contributed by atoms with Crippen LogP contribution in [0.25, 0.3) is 0 Å². The Morgan fingerprint density at radius 2 is 1.94 bits per heavy atom. The van der Waals surface area contributed by atoms with Crippen LogP contribution in [0.5, 0.6) is 0 Å². The minimum absolute atomic E-state index is 0.163. The first kappa shape index (κ1) is 12.5. The predicted molar refractivity (Wildman–Crippen MR) is 69.3 cm³/mol. The molecule has 0 amide bonds. The van der Waals surface area contributed by atoms with Crippen LogP contribution >= 0.6 is 0 Å². The average Bonchev–Trinajstić information content (AvgIpc) is 2.38. The highest BCUT2D eigenvalue weighted by molar-refractivity contribution is 7.85. The monoisotopic (exact) mass is 250 g/mol. The third kappa shape index (κ3) is 3.50. The summed E-state index contributed by atoms with van der Waals surface area (Å²) >= 11 is 0. The molecule has 1 aromatic carbocycles. The first-order valence-corrected chi connectivity index (χ1v) is 7.55. The largest absolute Gasteiger partial charge is 0.299 e. The van der Waals surface area contributed by atoms with Crippen molar-refractivity contribution >= 4 is 16.6 Å². The molecule has 0 radical (unpaired) electrons. The third-order valence-electron chi connectivity index (χ3n) is 3.34. The van der Waals surface area contributed by atoms with Crippen LogP contribution in [-0.2, 0) is 15.6 Å². The zero-order valence-electron chi connectivity index (χ0n) is 9.93. The van der Waals surface area contributed by atoms with Gasteiger partial charge in [-0.15, -0.1) is 0 Å². The van der Waals surface area contributed by atoms with Gasteiger partial charge in [0.25, 0.3) is 0 Å². The summed E-state index contributed by atoms with van der Waals surface area (Å²) in [6.45, 7) is 0. The lowest BCUT2D eigenvalue weighted by Gasteiger charge is -2.19. The molecule has 1 aromatic rings. The summed E-state index contributed by atoms with van der Waals surface area (Å²) < 4.78 is 12.0. The van der Waals surface area contributed by atoms with Gasteiger partial charge in [-0.2, -0.15) is 0 Å². The lowest BCUT2D eigenvalue weighted by Crippen LogP contribution is -2.20. The van der Waals surface area contributed by atoms with Gasteiger partial charge in [0.2, 0.25) is 0 Å². The van der Waals surface area contributed by atoms with E-state index in [1.54, 1.807) is 0 Å². The number of Topliss-reactive ketones (excluding diaryl/α,β-unsaturated/α-hetero) is 1. The summed E-state index contributed by atoms with van der Waals surface area (Å²) in [6.07, 6.45) is 4.68. The first-order chi connectivity index (χ1) is 8.27. The first-order valence-electron chi connectivity index (χ1n) is 6.23. The highest BCUT2D eigenvalue weighted by atomic mass is 32.2. The van der Waals surface area contributed by atoms with E-state index < -0.39 is 10.8 Å². The minimum atomic E-state index is -0.952. The fourth-order valence-electron chi connectivity index (χ4n) is 2.30. The summed E-state index contributed by atoms with van der Waals surface area (Å²) in [6, 6.07) is 9.50. The van der Waals surface area contributed by atoms with E-state index in [0.29, 0.717) is 11.5 Å². The lowest BCUT2D eigenvalue weighted by molar-refractivity contribution is -0.124. The molecule has 0 heterocycles. The number of ketones is 1. The normalized spacial score (nSPS) is 22.4. The Bertz CT molecular complexity index is 400. The molecule has 1 fully saturated rings. The zero-order chi connectivity index (χ0) is 12.1. The quantitative estimate of drug-likeness (QED) is 0.823. The molecule has 0 N–H and O–H groups in total. The molecule has 92 valence electrons. The summed E-state index contributed by atoms with van der Waals surface area (Å²) in [4.78, 5) is 12.5. The number of hydrogen-bond acceptors (Lipinski definition) is 2. The Kier molecular flexibility index (Phi) is 4.49. The summed E-state index contributed by atoms with van der Waals surface area (Å²) in [5.74, 6) is 1.15. The van der Waals surface area contributed by atoms with E-state index in [4.69, 9.17) is 0 Å². The molecule has 1 aliphatic rings. The molecule has 0 unspecified atom stereocenters. The van der Waals surface area contributed by atoms with Crippen LogP contribution in [0.4, 0.5) is 0 Å². The van der Waals surface area contributed by atoms with Gasteiger partial charge in [-0.25, -0.2) is 0 Å². The topological polar surface area (TPSA) is 34.1 Å². The molecule has 1 saturated carbocycles. The van der Waals surface area contributed by atoms with Gasteiger partial charge < -0.3 is 0 Å². The van der Waals surface area contributed by atoms with Crippen molar-refractivity contribution in [3.8, 4) is 0 Å². The van der Waals surface area contributed by atoms with E-state index in [1.807, 2.05) is 30.3 Å². The fourth-order valence-corrected chi connectivity index (χ4v) is 3.49. The van der Waals surface area contributed by atoms with Gasteiger partial charge in [0.1, 0.15) is 5.78 Å². The number of rotatable bonds is 4. The Hall–Kier alpha value is -0.960. The minimum Gasteiger partial charge on any atom is -0.299 e. The van der Waals surface area contributed by atoms with Crippen molar-refractivity contribution < 1.29 is 9.00 Å². The Balaban J connectivity index is 1.86. The molecule has 0 bridgehead atoms. The van der Waals surface area contributed by atoms with Gasteiger partial charge >= 0.3 is 0 Å². The highest BCUT2D eigenvalue weighted by Gasteiger charge is 2.22. The highest BCUT2D eigenvalue weighted by Crippen LogP contribution is 2.24. The Labute approximate surface area is 105 Å².